The van der Waals surface area contributed by atoms with Crippen molar-refractivity contribution < 1.29 is 22.3 Å². The molecular formula is C9H11ClF2N2O3S. The van der Waals surface area contributed by atoms with Gasteiger partial charge in [-0.15, -0.1) is 0 Å². The second-order valence-corrected chi connectivity index (χ2v) is 5.61. The molecule has 1 unspecified atom stereocenters. The summed E-state index contributed by atoms with van der Waals surface area (Å²) in [4.78, 5) is -0.323. The summed E-state index contributed by atoms with van der Waals surface area (Å²) in [7, 11) is -4.09. The van der Waals surface area contributed by atoms with Crippen LogP contribution in [0.25, 0.3) is 0 Å². The van der Waals surface area contributed by atoms with Gasteiger partial charge in [-0.25, -0.2) is 21.9 Å². The van der Waals surface area contributed by atoms with Crippen LogP contribution in [0.4, 0.5) is 14.5 Å². The number of aliphatic hydroxyl groups excluding tert-OH is 1. The van der Waals surface area contributed by atoms with E-state index in [2.05, 4.69) is 0 Å². The van der Waals surface area contributed by atoms with E-state index in [0.717, 1.165) is 6.07 Å². The molecule has 1 aromatic rings. The van der Waals surface area contributed by atoms with Gasteiger partial charge in [-0.05, 0) is 18.2 Å². The smallest absolute Gasteiger partial charge is 0.265 e. The number of nitrogen functional groups attached to an aromatic ring is 1. The van der Waals surface area contributed by atoms with Gasteiger partial charge < -0.3 is 10.8 Å². The van der Waals surface area contributed by atoms with Crippen LogP contribution >= 0.6 is 11.6 Å². The first-order valence-corrected chi connectivity index (χ1v) is 6.61. The molecule has 0 saturated carbocycles. The molecule has 0 aromatic heterocycles. The molecule has 9 heteroatoms. The summed E-state index contributed by atoms with van der Waals surface area (Å²) in [5.41, 5.74) is 5.38. The third kappa shape index (κ3) is 3.77. The number of alkyl halides is 2. The molecule has 0 heterocycles. The molecule has 5 nitrogen and oxygen atoms in total. The molecule has 0 radical (unpaired) electrons. The standard InChI is InChI=1S/C9H11ClF2N2O3S/c10-5-1-2-6(13)8(3-5)18(16,17)14-4-7(15)9(11)12/h1-3,7,9,14-15H,4,13H2. The second-order valence-electron chi connectivity index (χ2n) is 3.44. The topological polar surface area (TPSA) is 92.4 Å². The minimum atomic E-state index is -4.09. The zero-order valence-corrected chi connectivity index (χ0v) is 10.5. The highest BCUT2D eigenvalue weighted by atomic mass is 35.5. The Bertz CT molecular complexity index is 525. The van der Waals surface area contributed by atoms with Crippen molar-refractivity contribution in [3.8, 4) is 0 Å². The lowest BCUT2D eigenvalue weighted by Gasteiger charge is -2.12. The number of sulfonamides is 1. The van der Waals surface area contributed by atoms with Crippen LogP contribution in [-0.2, 0) is 10.0 Å². The van der Waals surface area contributed by atoms with Crippen molar-refractivity contribution >= 4 is 27.3 Å². The van der Waals surface area contributed by atoms with E-state index < -0.39 is 29.1 Å². The third-order valence-corrected chi connectivity index (χ3v) is 3.75. The number of nitrogens with one attached hydrogen (secondary N) is 1. The Morgan fingerprint density at radius 2 is 2.06 bits per heavy atom. The highest BCUT2D eigenvalue weighted by Crippen LogP contribution is 2.22. The van der Waals surface area contributed by atoms with E-state index in [4.69, 9.17) is 22.4 Å². The monoisotopic (exact) mass is 300 g/mol. The molecule has 0 spiro atoms. The Kier molecular flexibility index (Phi) is 4.85. The van der Waals surface area contributed by atoms with E-state index in [9.17, 15) is 17.2 Å². The number of benzene rings is 1. The predicted molar refractivity (Wildman–Crippen MR) is 63.1 cm³/mol. The van der Waals surface area contributed by atoms with E-state index in [1.807, 2.05) is 4.72 Å². The largest absolute Gasteiger partial charge is 0.398 e. The summed E-state index contributed by atoms with van der Waals surface area (Å²) in [6.45, 7) is -0.814. The average molecular weight is 301 g/mol. The number of hydrogen-bond donors (Lipinski definition) is 3. The molecule has 1 aromatic carbocycles. The van der Waals surface area contributed by atoms with E-state index in [1.165, 1.54) is 12.1 Å². The molecule has 0 fully saturated rings. The maximum Gasteiger partial charge on any atom is 0.265 e. The van der Waals surface area contributed by atoms with Crippen LogP contribution in [0.3, 0.4) is 0 Å². The van der Waals surface area contributed by atoms with Gasteiger partial charge in [0, 0.05) is 11.6 Å². The van der Waals surface area contributed by atoms with Gasteiger partial charge in [-0.2, -0.15) is 0 Å². The van der Waals surface area contributed by atoms with E-state index in [-0.39, 0.29) is 15.6 Å². The molecule has 102 valence electrons. The van der Waals surface area contributed by atoms with Crippen molar-refractivity contribution in [2.45, 2.75) is 17.4 Å². The molecule has 1 atom stereocenters. The fourth-order valence-electron chi connectivity index (χ4n) is 1.10. The van der Waals surface area contributed by atoms with Gasteiger partial charge in [0.1, 0.15) is 11.0 Å². The SMILES string of the molecule is Nc1ccc(Cl)cc1S(=O)(=O)NCC(O)C(F)F. The highest BCUT2D eigenvalue weighted by molar-refractivity contribution is 7.89. The molecule has 4 N–H and O–H groups in total. The van der Waals surface area contributed by atoms with Gasteiger partial charge in [0.2, 0.25) is 10.0 Å². The number of hydrogen-bond acceptors (Lipinski definition) is 4. The molecule has 0 aliphatic heterocycles. The molecule has 0 aliphatic rings. The zero-order valence-electron chi connectivity index (χ0n) is 8.98. The first-order valence-electron chi connectivity index (χ1n) is 4.75. The summed E-state index contributed by atoms with van der Waals surface area (Å²) in [5.74, 6) is 0. The predicted octanol–water partition coefficient (Wildman–Crippen LogP) is 0.827. The van der Waals surface area contributed by atoms with Crippen LogP contribution in [0.5, 0.6) is 0 Å². The fourth-order valence-corrected chi connectivity index (χ4v) is 2.55. The summed E-state index contributed by atoms with van der Waals surface area (Å²) in [5, 5.41) is 8.96. The maximum atomic E-state index is 12.0. The van der Waals surface area contributed by atoms with Crippen molar-refractivity contribution in [2.75, 3.05) is 12.3 Å². The van der Waals surface area contributed by atoms with Crippen molar-refractivity contribution in [2.24, 2.45) is 0 Å². The van der Waals surface area contributed by atoms with Gasteiger partial charge in [0.05, 0.1) is 5.69 Å². The molecule has 0 bridgehead atoms. The summed E-state index contributed by atoms with van der Waals surface area (Å²) >= 11 is 5.62. The minimum absolute atomic E-state index is 0.0709. The number of anilines is 1. The lowest BCUT2D eigenvalue weighted by Crippen LogP contribution is -2.36. The third-order valence-electron chi connectivity index (χ3n) is 2.04. The van der Waals surface area contributed by atoms with E-state index in [1.54, 1.807) is 0 Å². The van der Waals surface area contributed by atoms with Gasteiger partial charge in [0.15, 0.2) is 0 Å². The molecule has 0 saturated heterocycles. The lowest BCUT2D eigenvalue weighted by molar-refractivity contribution is -0.000450. The molecule has 1 rings (SSSR count). The first kappa shape index (κ1) is 15.1. The van der Waals surface area contributed by atoms with Crippen molar-refractivity contribution in [3.63, 3.8) is 0 Å². The van der Waals surface area contributed by atoms with Gasteiger partial charge >= 0.3 is 0 Å². The van der Waals surface area contributed by atoms with E-state index >= 15 is 0 Å². The van der Waals surface area contributed by atoms with Crippen LogP contribution in [0.2, 0.25) is 5.02 Å². The van der Waals surface area contributed by atoms with Gasteiger partial charge in [-0.3, -0.25) is 0 Å². The van der Waals surface area contributed by atoms with E-state index in [0.29, 0.717) is 0 Å². The fraction of sp³-hybridized carbons (Fsp3) is 0.333. The minimum Gasteiger partial charge on any atom is -0.398 e. The normalized spacial score (nSPS) is 13.8. The average Bonchev–Trinajstić information content (AvgIpc) is 2.29. The van der Waals surface area contributed by atoms with Crippen molar-refractivity contribution in [1.82, 2.24) is 4.72 Å². The van der Waals surface area contributed by atoms with Crippen LogP contribution in [-0.4, -0.2) is 32.6 Å². The maximum absolute atomic E-state index is 12.0. The number of halogens is 3. The van der Waals surface area contributed by atoms with Gasteiger partial charge in [0.25, 0.3) is 6.43 Å². The molecule has 18 heavy (non-hydrogen) atoms. The number of aliphatic hydroxyl groups is 1. The molecule has 0 aliphatic carbocycles. The zero-order chi connectivity index (χ0) is 13.9. The Morgan fingerprint density at radius 1 is 1.44 bits per heavy atom. The quantitative estimate of drug-likeness (QED) is 0.702. The second kappa shape index (κ2) is 5.79. The molecular weight excluding hydrogens is 290 g/mol. The van der Waals surface area contributed by atoms with Crippen molar-refractivity contribution in [3.05, 3.63) is 23.2 Å². The van der Waals surface area contributed by atoms with Crippen LogP contribution in [0.15, 0.2) is 23.1 Å². The summed E-state index contributed by atoms with van der Waals surface area (Å²) in [6, 6.07) is 3.76. The van der Waals surface area contributed by atoms with Crippen molar-refractivity contribution in [1.29, 1.82) is 0 Å². The Balaban J connectivity index is 2.90. The number of rotatable bonds is 5. The molecule has 0 amide bonds. The van der Waals surface area contributed by atoms with Crippen LogP contribution < -0.4 is 10.5 Å². The Labute approximate surface area is 108 Å². The van der Waals surface area contributed by atoms with Crippen LogP contribution in [0.1, 0.15) is 0 Å². The summed E-state index contributed by atoms with van der Waals surface area (Å²) in [6.07, 6.45) is -5.12. The number of nitrogens with two attached hydrogens (primary N) is 1. The van der Waals surface area contributed by atoms with Gasteiger partial charge in [-0.1, -0.05) is 11.6 Å². The first-order chi connectivity index (χ1) is 8.24. The lowest BCUT2D eigenvalue weighted by atomic mass is 10.3. The highest BCUT2D eigenvalue weighted by Gasteiger charge is 2.22. The Hall–Kier alpha value is -0.960. The van der Waals surface area contributed by atoms with Crippen LogP contribution in [0, 0.1) is 0 Å². The Morgan fingerprint density at radius 3 is 2.61 bits per heavy atom. The summed E-state index contributed by atoms with van der Waals surface area (Å²) < 4.78 is 49.3.